The minimum Gasteiger partial charge on any atom is -0.0651 e. The summed E-state index contributed by atoms with van der Waals surface area (Å²) in [4.78, 5) is 0. The topological polar surface area (TPSA) is 0 Å². The van der Waals surface area contributed by atoms with Crippen LogP contribution in [0.15, 0.2) is 0 Å². The van der Waals surface area contributed by atoms with Gasteiger partial charge in [0.05, 0.1) is 0 Å². The molecule has 138 valence electrons. The summed E-state index contributed by atoms with van der Waals surface area (Å²) in [5.41, 5.74) is 0.514. The highest BCUT2D eigenvalue weighted by atomic mass is 14.5. The van der Waals surface area contributed by atoms with Crippen molar-refractivity contribution >= 4 is 0 Å². The first-order valence-electron chi connectivity index (χ1n) is 10.9. The molecule has 1 saturated carbocycles. The second-order valence-electron chi connectivity index (χ2n) is 9.04. The van der Waals surface area contributed by atoms with E-state index in [4.69, 9.17) is 0 Å². The van der Waals surface area contributed by atoms with Crippen molar-refractivity contribution in [2.45, 2.75) is 107 Å². The summed E-state index contributed by atoms with van der Waals surface area (Å²) in [5.74, 6) is 5.48. The monoisotopic (exact) mass is 322 g/mol. The zero-order valence-electron chi connectivity index (χ0n) is 17.6. The van der Waals surface area contributed by atoms with Crippen molar-refractivity contribution in [3.8, 4) is 0 Å². The van der Waals surface area contributed by atoms with E-state index < -0.39 is 0 Å². The molecule has 1 aliphatic carbocycles. The van der Waals surface area contributed by atoms with Gasteiger partial charge in [-0.15, -0.1) is 0 Å². The van der Waals surface area contributed by atoms with Crippen LogP contribution in [0.25, 0.3) is 0 Å². The van der Waals surface area contributed by atoms with Gasteiger partial charge >= 0.3 is 0 Å². The summed E-state index contributed by atoms with van der Waals surface area (Å²) in [5, 5.41) is 0. The Hall–Kier alpha value is 0. The Morgan fingerprint density at radius 3 is 1.83 bits per heavy atom. The fourth-order valence-corrected chi connectivity index (χ4v) is 6.03. The standard InChI is InChI=1S/C23H46/c1-9-17(5)20-15-13-14-16-21(20)19(7)22(11-3)23(8,12-4)18(6)10-2/h17-22H,9-16H2,1-8H3. The lowest BCUT2D eigenvalue weighted by molar-refractivity contribution is -0.00337. The largest absolute Gasteiger partial charge is 0.0651 e. The number of hydrogen-bond acceptors (Lipinski definition) is 0. The van der Waals surface area contributed by atoms with Crippen LogP contribution in [0.3, 0.4) is 0 Å². The Bertz CT molecular complexity index is 320. The molecule has 0 amide bonds. The van der Waals surface area contributed by atoms with Gasteiger partial charge in [0.1, 0.15) is 0 Å². The Morgan fingerprint density at radius 2 is 1.39 bits per heavy atom. The number of hydrogen-bond donors (Lipinski definition) is 0. The van der Waals surface area contributed by atoms with E-state index in [-0.39, 0.29) is 0 Å². The van der Waals surface area contributed by atoms with E-state index in [1.54, 1.807) is 0 Å². The molecular formula is C23H46. The molecule has 0 radical (unpaired) electrons. The van der Waals surface area contributed by atoms with Gasteiger partial charge in [-0.3, -0.25) is 0 Å². The molecule has 0 aromatic carbocycles. The zero-order chi connectivity index (χ0) is 17.6. The lowest BCUT2D eigenvalue weighted by Gasteiger charge is -2.49. The first kappa shape index (κ1) is 21.0. The van der Waals surface area contributed by atoms with Gasteiger partial charge in [0, 0.05) is 0 Å². The Labute approximate surface area is 148 Å². The average molecular weight is 323 g/mol. The molecule has 7 unspecified atom stereocenters. The summed E-state index contributed by atoms with van der Waals surface area (Å²) in [6.45, 7) is 19.9. The normalized spacial score (nSPS) is 30.3. The molecular weight excluding hydrogens is 276 g/mol. The van der Waals surface area contributed by atoms with E-state index in [1.807, 2.05) is 0 Å². The lowest BCUT2D eigenvalue weighted by Crippen LogP contribution is -2.42. The van der Waals surface area contributed by atoms with Crippen molar-refractivity contribution in [2.75, 3.05) is 0 Å². The van der Waals surface area contributed by atoms with Crippen LogP contribution >= 0.6 is 0 Å². The predicted octanol–water partition coefficient (Wildman–Crippen LogP) is 7.96. The molecule has 0 heteroatoms. The quantitative estimate of drug-likeness (QED) is 0.404. The van der Waals surface area contributed by atoms with Crippen LogP contribution in [-0.2, 0) is 0 Å². The summed E-state index contributed by atoms with van der Waals surface area (Å²) in [6.07, 6.45) is 11.3. The highest BCUT2D eigenvalue weighted by molar-refractivity contribution is 4.92. The van der Waals surface area contributed by atoms with Crippen LogP contribution < -0.4 is 0 Å². The first-order chi connectivity index (χ1) is 10.9. The SMILES string of the molecule is CCC(C)C1CCCCC1C(C)C(CC)C(C)(CC)C(C)CC. The molecule has 0 aliphatic heterocycles. The van der Waals surface area contributed by atoms with Gasteiger partial charge in [-0.05, 0) is 53.8 Å². The van der Waals surface area contributed by atoms with Crippen molar-refractivity contribution in [1.82, 2.24) is 0 Å². The van der Waals surface area contributed by atoms with Crippen LogP contribution in [0, 0.1) is 40.9 Å². The van der Waals surface area contributed by atoms with Gasteiger partial charge in [0.25, 0.3) is 0 Å². The van der Waals surface area contributed by atoms with Crippen molar-refractivity contribution in [3.63, 3.8) is 0 Å². The van der Waals surface area contributed by atoms with E-state index in [0.717, 1.165) is 35.5 Å². The Kier molecular flexibility index (Phi) is 8.67. The summed E-state index contributed by atoms with van der Waals surface area (Å²) >= 11 is 0. The van der Waals surface area contributed by atoms with Gasteiger partial charge in [0.2, 0.25) is 0 Å². The minimum absolute atomic E-state index is 0.514. The van der Waals surface area contributed by atoms with Gasteiger partial charge < -0.3 is 0 Å². The fourth-order valence-electron chi connectivity index (χ4n) is 6.03. The third-order valence-corrected chi connectivity index (χ3v) is 8.35. The maximum Gasteiger partial charge on any atom is -0.0272 e. The van der Waals surface area contributed by atoms with Gasteiger partial charge in [-0.25, -0.2) is 0 Å². The van der Waals surface area contributed by atoms with Crippen molar-refractivity contribution < 1.29 is 0 Å². The second-order valence-corrected chi connectivity index (χ2v) is 9.04. The third-order valence-electron chi connectivity index (χ3n) is 8.35. The molecule has 7 atom stereocenters. The van der Waals surface area contributed by atoms with Crippen LogP contribution in [0.4, 0.5) is 0 Å². The maximum atomic E-state index is 2.62. The summed E-state index contributed by atoms with van der Waals surface area (Å²) < 4.78 is 0. The van der Waals surface area contributed by atoms with Gasteiger partial charge in [0.15, 0.2) is 0 Å². The van der Waals surface area contributed by atoms with Crippen LogP contribution in [0.2, 0.25) is 0 Å². The van der Waals surface area contributed by atoms with Crippen LogP contribution in [-0.4, -0.2) is 0 Å². The lowest BCUT2D eigenvalue weighted by atomic mass is 9.56. The molecule has 1 rings (SSSR count). The summed E-state index contributed by atoms with van der Waals surface area (Å²) in [6, 6.07) is 0. The van der Waals surface area contributed by atoms with E-state index in [1.165, 1.54) is 51.4 Å². The van der Waals surface area contributed by atoms with E-state index in [0.29, 0.717) is 5.41 Å². The summed E-state index contributed by atoms with van der Waals surface area (Å²) in [7, 11) is 0. The van der Waals surface area contributed by atoms with E-state index in [9.17, 15) is 0 Å². The molecule has 1 fully saturated rings. The smallest absolute Gasteiger partial charge is 0.0272 e. The van der Waals surface area contributed by atoms with E-state index in [2.05, 4.69) is 55.4 Å². The molecule has 0 aromatic rings. The van der Waals surface area contributed by atoms with E-state index >= 15 is 0 Å². The molecule has 0 spiro atoms. The molecule has 0 bridgehead atoms. The van der Waals surface area contributed by atoms with Gasteiger partial charge in [-0.2, -0.15) is 0 Å². The minimum atomic E-state index is 0.514. The van der Waals surface area contributed by atoms with Crippen LogP contribution in [0.5, 0.6) is 0 Å². The third kappa shape index (κ3) is 4.55. The van der Waals surface area contributed by atoms with Gasteiger partial charge in [-0.1, -0.05) is 93.9 Å². The maximum absolute atomic E-state index is 2.62. The first-order valence-corrected chi connectivity index (χ1v) is 10.9. The molecule has 0 heterocycles. The molecule has 0 saturated heterocycles. The fraction of sp³-hybridized carbons (Fsp3) is 1.00. The molecule has 23 heavy (non-hydrogen) atoms. The molecule has 0 aromatic heterocycles. The molecule has 0 N–H and O–H groups in total. The van der Waals surface area contributed by atoms with Crippen molar-refractivity contribution in [3.05, 3.63) is 0 Å². The molecule has 1 aliphatic rings. The van der Waals surface area contributed by atoms with Crippen molar-refractivity contribution in [2.24, 2.45) is 40.9 Å². The highest BCUT2D eigenvalue weighted by Crippen LogP contribution is 2.51. The Balaban J connectivity index is 3.02. The van der Waals surface area contributed by atoms with Crippen molar-refractivity contribution in [1.29, 1.82) is 0 Å². The average Bonchev–Trinajstić information content (AvgIpc) is 2.60. The Morgan fingerprint density at radius 1 is 0.826 bits per heavy atom. The van der Waals surface area contributed by atoms with Crippen LogP contribution in [0.1, 0.15) is 107 Å². The number of rotatable bonds is 9. The second kappa shape index (κ2) is 9.47. The predicted molar refractivity (Wildman–Crippen MR) is 106 cm³/mol. The zero-order valence-corrected chi connectivity index (χ0v) is 17.6. The molecule has 0 nitrogen and oxygen atoms in total. The highest BCUT2D eigenvalue weighted by Gasteiger charge is 2.43.